The van der Waals surface area contributed by atoms with Crippen LogP contribution in [0.15, 0.2) is 120 Å². The van der Waals surface area contributed by atoms with Crippen molar-refractivity contribution in [2.45, 2.75) is 5.16 Å². The molecule has 0 fully saturated rings. The number of nitrogens with zero attached hydrogens (tertiary/aromatic N) is 3. The molecule has 0 spiro atoms. The second-order valence-electron chi connectivity index (χ2n) is 7.80. The molecule has 0 atom stereocenters. The van der Waals surface area contributed by atoms with Crippen LogP contribution in [0.4, 0.5) is 5.69 Å². The van der Waals surface area contributed by atoms with Gasteiger partial charge < -0.3 is 10.1 Å². The fourth-order valence-corrected chi connectivity index (χ4v) is 4.10. The molecule has 0 saturated heterocycles. The van der Waals surface area contributed by atoms with Crippen LogP contribution in [-0.4, -0.2) is 26.8 Å². The van der Waals surface area contributed by atoms with Crippen molar-refractivity contribution >= 4 is 23.4 Å². The van der Waals surface area contributed by atoms with E-state index in [9.17, 15) is 4.79 Å². The van der Waals surface area contributed by atoms with Crippen molar-refractivity contribution in [3.8, 4) is 34.0 Å². The Morgan fingerprint density at radius 1 is 0.667 bits per heavy atom. The number of para-hydroxylation sites is 1. The van der Waals surface area contributed by atoms with E-state index in [0.29, 0.717) is 22.3 Å². The van der Waals surface area contributed by atoms with E-state index in [-0.39, 0.29) is 11.7 Å². The third kappa shape index (κ3) is 5.95. The highest BCUT2D eigenvalue weighted by atomic mass is 32.2. The largest absolute Gasteiger partial charge is 0.457 e. The number of carbonyl (C=O) groups is 1. The van der Waals surface area contributed by atoms with Crippen LogP contribution in [0.25, 0.3) is 22.5 Å². The van der Waals surface area contributed by atoms with Crippen LogP contribution in [0.3, 0.4) is 0 Å². The minimum atomic E-state index is -0.159. The number of thioether (sulfide) groups is 1. The molecular weight excluding hydrogens is 468 g/mol. The van der Waals surface area contributed by atoms with Gasteiger partial charge in [0, 0.05) is 16.8 Å². The van der Waals surface area contributed by atoms with Crippen molar-refractivity contribution in [3.63, 3.8) is 0 Å². The molecule has 6 nitrogen and oxygen atoms in total. The first-order chi connectivity index (χ1) is 17.7. The molecule has 5 aromatic rings. The molecule has 0 aliphatic heterocycles. The maximum Gasteiger partial charge on any atom is 0.234 e. The number of nitrogens with one attached hydrogen (secondary N) is 1. The zero-order valence-electron chi connectivity index (χ0n) is 19.2. The summed E-state index contributed by atoms with van der Waals surface area (Å²) in [4.78, 5) is 17.3. The van der Waals surface area contributed by atoms with Crippen LogP contribution in [0, 0.1) is 0 Å². The third-order valence-electron chi connectivity index (χ3n) is 5.21. The van der Waals surface area contributed by atoms with Gasteiger partial charge in [-0.1, -0.05) is 90.6 Å². The van der Waals surface area contributed by atoms with Gasteiger partial charge in [-0.3, -0.25) is 4.79 Å². The summed E-state index contributed by atoms with van der Waals surface area (Å²) in [6.07, 6.45) is 0. The van der Waals surface area contributed by atoms with Crippen molar-refractivity contribution in [1.29, 1.82) is 0 Å². The molecule has 1 heterocycles. The Morgan fingerprint density at radius 3 is 1.86 bits per heavy atom. The fourth-order valence-electron chi connectivity index (χ4n) is 3.52. The summed E-state index contributed by atoms with van der Waals surface area (Å²) in [5.41, 5.74) is 3.99. The summed E-state index contributed by atoms with van der Waals surface area (Å²) in [7, 11) is 0. The molecule has 1 aromatic heterocycles. The van der Waals surface area contributed by atoms with Gasteiger partial charge in [0.25, 0.3) is 0 Å². The molecule has 176 valence electrons. The molecule has 7 heteroatoms. The molecule has 0 radical (unpaired) electrons. The Morgan fingerprint density at radius 2 is 1.22 bits per heavy atom. The van der Waals surface area contributed by atoms with E-state index in [1.54, 1.807) is 12.1 Å². The normalized spacial score (nSPS) is 10.6. The number of ether oxygens (including phenoxy) is 1. The second-order valence-corrected chi connectivity index (χ2v) is 8.74. The Bertz CT molecular complexity index is 1430. The first-order valence-corrected chi connectivity index (χ1v) is 12.3. The number of hydrogen-bond acceptors (Lipinski definition) is 6. The Labute approximate surface area is 213 Å². The number of carbonyl (C=O) groups excluding carboxylic acids is 1. The SMILES string of the molecule is O=C(CSc1nnc(-c2ccccc2)c(-c2ccccc2)n1)Nc1ccc(Oc2ccccc2)cc1. The van der Waals surface area contributed by atoms with Crippen molar-refractivity contribution in [2.75, 3.05) is 11.1 Å². The number of anilines is 1. The number of hydrogen-bond donors (Lipinski definition) is 1. The lowest BCUT2D eigenvalue weighted by molar-refractivity contribution is -0.113. The summed E-state index contributed by atoms with van der Waals surface area (Å²) in [5.74, 6) is 1.45. The summed E-state index contributed by atoms with van der Waals surface area (Å²) >= 11 is 1.24. The highest BCUT2D eigenvalue weighted by Crippen LogP contribution is 2.30. The average Bonchev–Trinajstić information content (AvgIpc) is 2.94. The molecule has 0 saturated carbocycles. The van der Waals surface area contributed by atoms with Crippen LogP contribution < -0.4 is 10.1 Å². The van der Waals surface area contributed by atoms with E-state index >= 15 is 0 Å². The van der Waals surface area contributed by atoms with E-state index in [2.05, 4.69) is 15.5 Å². The predicted octanol–water partition coefficient (Wildman–Crippen LogP) is 6.73. The molecule has 0 aliphatic rings. The van der Waals surface area contributed by atoms with E-state index in [1.807, 2.05) is 103 Å². The first kappa shape index (κ1) is 23.3. The zero-order chi connectivity index (χ0) is 24.6. The number of amides is 1. The summed E-state index contributed by atoms with van der Waals surface area (Å²) in [6.45, 7) is 0. The Hall–Kier alpha value is -4.49. The molecule has 0 aliphatic carbocycles. The Balaban J connectivity index is 1.25. The van der Waals surface area contributed by atoms with Crippen LogP contribution in [-0.2, 0) is 4.79 Å². The topological polar surface area (TPSA) is 77.0 Å². The van der Waals surface area contributed by atoms with Crippen LogP contribution in [0.2, 0.25) is 0 Å². The molecule has 36 heavy (non-hydrogen) atoms. The standard InChI is InChI=1S/C29H22N4O2S/c34-26(30-23-16-18-25(19-17-23)35-24-14-8-3-9-15-24)20-36-29-31-27(21-10-4-1-5-11-21)28(32-33-29)22-12-6-2-7-13-22/h1-19H,20H2,(H,30,34). The van der Waals surface area contributed by atoms with Crippen LogP contribution >= 0.6 is 11.8 Å². The molecular formula is C29H22N4O2S. The molecule has 5 rings (SSSR count). The maximum absolute atomic E-state index is 12.6. The molecule has 1 N–H and O–H groups in total. The van der Waals surface area contributed by atoms with E-state index in [1.165, 1.54) is 11.8 Å². The van der Waals surface area contributed by atoms with Crippen LogP contribution in [0.5, 0.6) is 11.5 Å². The third-order valence-corrected chi connectivity index (χ3v) is 6.05. The lowest BCUT2D eigenvalue weighted by Gasteiger charge is -2.10. The highest BCUT2D eigenvalue weighted by Gasteiger charge is 2.14. The summed E-state index contributed by atoms with van der Waals surface area (Å²) in [6, 6.07) is 36.5. The minimum absolute atomic E-state index is 0.156. The number of benzene rings is 4. The molecule has 0 bridgehead atoms. The smallest absolute Gasteiger partial charge is 0.234 e. The zero-order valence-corrected chi connectivity index (χ0v) is 20.1. The van der Waals surface area contributed by atoms with Gasteiger partial charge >= 0.3 is 0 Å². The van der Waals surface area contributed by atoms with Gasteiger partial charge in [0.05, 0.1) is 5.75 Å². The molecule has 4 aromatic carbocycles. The predicted molar refractivity (Wildman–Crippen MR) is 143 cm³/mol. The van der Waals surface area contributed by atoms with Crippen molar-refractivity contribution in [1.82, 2.24) is 15.2 Å². The lowest BCUT2D eigenvalue weighted by Crippen LogP contribution is -2.14. The second kappa shape index (κ2) is 11.3. The monoisotopic (exact) mass is 490 g/mol. The van der Waals surface area contributed by atoms with Gasteiger partial charge in [0.2, 0.25) is 11.1 Å². The van der Waals surface area contributed by atoms with Crippen LogP contribution in [0.1, 0.15) is 0 Å². The molecule has 1 amide bonds. The molecule has 0 unspecified atom stereocenters. The highest BCUT2D eigenvalue weighted by molar-refractivity contribution is 7.99. The summed E-state index contributed by atoms with van der Waals surface area (Å²) < 4.78 is 5.79. The van der Waals surface area contributed by atoms with Gasteiger partial charge in [-0.25, -0.2) is 4.98 Å². The first-order valence-electron chi connectivity index (χ1n) is 11.4. The average molecular weight is 491 g/mol. The lowest BCUT2D eigenvalue weighted by atomic mass is 10.0. The fraction of sp³-hybridized carbons (Fsp3) is 0.0345. The number of aromatic nitrogens is 3. The van der Waals surface area contributed by atoms with Gasteiger partial charge in [-0.05, 0) is 36.4 Å². The summed E-state index contributed by atoms with van der Waals surface area (Å²) in [5, 5.41) is 12.1. The van der Waals surface area contributed by atoms with Gasteiger partial charge in [-0.2, -0.15) is 0 Å². The van der Waals surface area contributed by atoms with Crippen molar-refractivity contribution < 1.29 is 9.53 Å². The quantitative estimate of drug-likeness (QED) is 0.243. The number of rotatable bonds is 8. The van der Waals surface area contributed by atoms with E-state index in [0.717, 1.165) is 22.6 Å². The maximum atomic E-state index is 12.6. The van der Waals surface area contributed by atoms with Crippen molar-refractivity contribution in [2.24, 2.45) is 0 Å². The van der Waals surface area contributed by atoms with Gasteiger partial charge in [0.1, 0.15) is 22.9 Å². The van der Waals surface area contributed by atoms with Crippen molar-refractivity contribution in [3.05, 3.63) is 115 Å². The van der Waals surface area contributed by atoms with Gasteiger partial charge in [0.15, 0.2) is 0 Å². The van der Waals surface area contributed by atoms with E-state index < -0.39 is 0 Å². The van der Waals surface area contributed by atoms with E-state index in [4.69, 9.17) is 9.72 Å². The van der Waals surface area contributed by atoms with Gasteiger partial charge in [-0.15, -0.1) is 10.2 Å². The minimum Gasteiger partial charge on any atom is -0.457 e. The Kier molecular flexibility index (Phi) is 7.30.